The number of hydrogen-bond acceptors (Lipinski definition) is 1. The Kier molecular flexibility index (Phi) is 6.90. The third-order valence-corrected chi connectivity index (χ3v) is 2.25. The maximum atomic E-state index is 3.58. The average molecular weight is 196 g/mol. The third-order valence-electron chi connectivity index (χ3n) is 2.25. The smallest absolute Gasteiger partial charge is 0.000847 e. The van der Waals surface area contributed by atoms with Crippen molar-refractivity contribution in [3.63, 3.8) is 0 Å². The molecule has 0 saturated carbocycles. The van der Waals surface area contributed by atoms with Crippen LogP contribution in [0.2, 0.25) is 0 Å². The minimum Gasteiger partial charge on any atom is -0.316 e. The van der Waals surface area contributed by atoms with E-state index in [2.05, 4.69) is 45.7 Å². The van der Waals surface area contributed by atoms with Crippen molar-refractivity contribution >= 4 is 0 Å². The molecule has 0 spiro atoms. The van der Waals surface area contributed by atoms with Gasteiger partial charge in [0.15, 0.2) is 0 Å². The first-order valence-electron chi connectivity index (χ1n) is 5.66. The summed E-state index contributed by atoms with van der Waals surface area (Å²) in [7, 11) is 0. The van der Waals surface area contributed by atoms with Gasteiger partial charge in [0, 0.05) is 0 Å². The fourth-order valence-electron chi connectivity index (χ4n) is 1.80. The molecule has 1 unspecified atom stereocenters. The summed E-state index contributed by atoms with van der Waals surface area (Å²) in [4.78, 5) is 0. The summed E-state index contributed by atoms with van der Waals surface area (Å²) < 4.78 is 0. The van der Waals surface area contributed by atoms with Crippen LogP contribution in [-0.2, 0) is 0 Å². The van der Waals surface area contributed by atoms with E-state index in [1.807, 2.05) is 0 Å². The van der Waals surface area contributed by atoms with E-state index in [9.17, 15) is 0 Å². The van der Waals surface area contributed by atoms with Gasteiger partial charge in [-0.25, -0.2) is 0 Å². The summed E-state index contributed by atoms with van der Waals surface area (Å²) in [6.07, 6.45) is 6.41. The Balaban J connectivity index is 3.35. The molecule has 0 aliphatic heterocycles. The molecule has 0 fully saturated rings. The maximum absolute atomic E-state index is 3.58. The molecule has 1 radical (unpaired) electrons. The van der Waals surface area contributed by atoms with Crippen molar-refractivity contribution in [2.24, 2.45) is 11.3 Å². The molecule has 0 rings (SSSR count). The molecule has 1 nitrogen and oxygen atoms in total. The van der Waals surface area contributed by atoms with Crippen molar-refractivity contribution in [2.45, 2.75) is 47.0 Å². The molecule has 14 heavy (non-hydrogen) atoms. The SMILES string of the molecule is C=[C]CCNCCC(C)CC(C)(C)C. The molecule has 0 aromatic carbocycles. The molecule has 83 valence electrons. The van der Waals surface area contributed by atoms with Gasteiger partial charge in [-0.15, -0.1) is 0 Å². The molecule has 0 saturated heterocycles. The molecule has 0 aromatic rings. The Hall–Kier alpha value is -0.300. The Morgan fingerprint density at radius 2 is 1.93 bits per heavy atom. The van der Waals surface area contributed by atoms with Gasteiger partial charge in [-0.1, -0.05) is 40.3 Å². The lowest BCUT2D eigenvalue weighted by Gasteiger charge is -2.23. The highest BCUT2D eigenvalue weighted by Crippen LogP contribution is 2.25. The molecule has 0 aliphatic carbocycles. The zero-order valence-electron chi connectivity index (χ0n) is 10.3. The van der Waals surface area contributed by atoms with Crippen molar-refractivity contribution in [2.75, 3.05) is 13.1 Å². The van der Waals surface area contributed by atoms with Crippen LogP contribution in [-0.4, -0.2) is 13.1 Å². The van der Waals surface area contributed by atoms with Crippen LogP contribution in [0.1, 0.15) is 47.0 Å². The summed E-state index contributed by atoms with van der Waals surface area (Å²) in [6, 6.07) is 0. The van der Waals surface area contributed by atoms with Crippen molar-refractivity contribution in [3.05, 3.63) is 12.7 Å². The van der Waals surface area contributed by atoms with Crippen LogP contribution in [0.25, 0.3) is 0 Å². The normalized spacial score (nSPS) is 14.0. The quantitative estimate of drug-likeness (QED) is 0.615. The third kappa shape index (κ3) is 9.79. The largest absolute Gasteiger partial charge is 0.316 e. The van der Waals surface area contributed by atoms with Crippen LogP contribution in [0.4, 0.5) is 0 Å². The van der Waals surface area contributed by atoms with E-state index < -0.39 is 0 Å². The molecular formula is C13H26N. The second-order valence-corrected chi connectivity index (χ2v) is 5.41. The van der Waals surface area contributed by atoms with Gasteiger partial charge in [0.1, 0.15) is 0 Å². The predicted octanol–water partition coefficient (Wildman–Crippen LogP) is 3.42. The Morgan fingerprint density at radius 1 is 1.29 bits per heavy atom. The van der Waals surface area contributed by atoms with E-state index in [4.69, 9.17) is 0 Å². The first kappa shape index (κ1) is 13.7. The van der Waals surface area contributed by atoms with Crippen LogP contribution in [0, 0.1) is 17.4 Å². The van der Waals surface area contributed by atoms with Gasteiger partial charge in [-0.05, 0) is 43.7 Å². The molecule has 0 aromatic heterocycles. The van der Waals surface area contributed by atoms with Crippen molar-refractivity contribution in [1.82, 2.24) is 5.32 Å². The molecule has 0 bridgehead atoms. The van der Waals surface area contributed by atoms with Gasteiger partial charge in [-0.3, -0.25) is 0 Å². The van der Waals surface area contributed by atoms with Crippen LogP contribution in [0.5, 0.6) is 0 Å². The van der Waals surface area contributed by atoms with Crippen LogP contribution in [0.15, 0.2) is 6.58 Å². The standard InChI is InChI=1S/C13H26N/c1-6-7-9-14-10-8-12(2)11-13(3,4)5/h12,14H,1,7-11H2,2-5H3. The molecule has 0 amide bonds. The summed E-state index contributed by atoms with van der Waals surface area (Å²) in [6.45, 7) is 15.0. The Morgan fingerprint density at radius 3 is 2.43 bits per heavy atom. The summed E-state index contributed by atoms with van der Waals surface area (Å²) >= 11 is 0. The molecular weight excluding hydrogens is 170 g/mol. The lowest BCUT2D eigenvalue weighted by Crippen LogP contribution is -2.20. The molecule has 1 heteroatoms. The molecule has 1 N–H and O–H groups in total. The van der Waals surface area contributed by atoms with Crippen LogP contribution >= 0.6 is 0 Å². The number of nitrogens with one attached hydrogen (secondary N) is 1. The average Bonchev–Trinajstić information content (AvgIpc) is 2.00. The van der Waals surface area contributed by atoms with E-state index in [-0.39, 0.29) is 0 Å². The second-order valence-electron chi connectivity index (χ2n) is 5.41. The van der Waals surface area contributed by atoms with Crippen molar-refractivity contribution in [3.8, 4) is 0 Å². The van der Waals surface area contributed by atoms with E-state index in [0.717, 1.165) is 25.4 Å². The zero-order valence-corrected chi connectivity index (χ0v) is 10.3. The first-order chi connectivity index (χ1) is 6.45. The fourth-order valence-corrected chi connectivity index (χ4v) is 1.80. The van der Waals surface area contributed by atoms with Crippen LogP contribution in [0.3, 0.4) is 0 Å². The van der Waals surface area contributed by atoms with Gasteiger partial charge in [0.25, 0.3) is 0 Å². The summed E-state index contributed by atoms with van der Waals surface area (Å²) in [5.74, 6) is 0.815. The van der Waals surface area contributed by atoms with Gasteiger partial charge in [0.05, 0.1) is 0 Å². The second kappa shape index (κ2) is 7.05. The number of hydrogen-bond donors (Lipinski definition) is 1. The van der Waals surface area contributed by atoms with E-state index in [0.29, 0.717) is 5.41 Å². The topological polar surface area (TPSA) is 12.0 Å². The minimum atomic E-state index is 0.467. The fraction of sp³-hybridized carbons (Fsp3) is 0.846. The highest BCUT2D eigenvalue weighted by atomic mass is 14.8. The first-order valence-corrected chi connectivity index (χ1v) is 5.66. The van der Waals surface area contributed by atoms with E-state index in [1.165, 1.54) is 12.8 Å². The van der Waals surface area contributed by atoms with Crippen molar-refractivity contribution < 1.29 is 0 Å². The van der Waals surface area contributed by atoms with Crippen LogP contribution < -0.4 is 5.32 Å². The predicted molar refractivity (Wildman–Crippen MR) is 64.2 cm³/mol. The lowest BCUT2D eigenvalue weighted by molar-refractivity contribution is 0.295. The molecule has 1 atom stereocenters. The van der Waals surface area contributed by atoms with Gasteiger partial charge in [-0.2, -0.15) is 0 Å². The highest BCUT2D eigenvalue weighted by Gasteiger charge is 2.14. The highest BCUT2D eigenvalue weighted by molar-refractivity contribution is 4.67. The monoisotopic (exact) mass is 196 g/mol. The maximum Gasteiger partial charge on any atom is -0.000847 e. The molecule has 0 aliphatic rings. The lowest BCUT2D eigenvalue weighted by atomic mass is 9.84. The minimum absolute atomic E-state index is 0.467. The zero-order chi connectivity index (χ0) is 11.0. The van der Waals surface area contributed by atoms with Gasteiger partial charge < -0.3 is 5.32 Å². The van der Waals surface area contributed by atoms with Crippen molar-refractivity contribution in [1.29, 1.82) is 0 Å². The van der Waals surface area contributed by atoms with E-state index in [1.54, 1.807) is 0 Å². The Bertz CT molecular complexity index is 144. The Labute approximate surface area is 90.0 Å². The summed E-state index contributed by atoms with van der Waals surface area (Å²) in [5, 5.41) is 3.40. The molecule has 0 heterocycles. The van der Waals surface area contributed by atoms with Gasteiger partial charge >= 0.3 is 0 Å². The van der Waals surface area contributed by atoms with E-state index >= 15 is 0 Å². The summed E-state index contributed by atoms with van der Waals surface area (Å²) in [5.41, 5.74) is 0.467. The number of rotatable bonds is 7. The van der Waals surface area contributed by atoms with Gasteiger partial charge in [0.2, 0.25) is 0 Å².